The number of nitrogens with zero attached hydrogens (tertiary/aromatic N) is 1. The van der Waals surface area contributed by atoms with Crippen LogP contribution in [0, 0.1) is 5.92 Å². The van der Waals surface area contributed by atoms with Gasteiger partial charge in [0, 0.05) is 12.2 Å². The van der Waals surface area contributed by atoms with Crippen molar-refractivity contribution in [2.24, 2.45) is 5.92 Å². The molecule has 0 saturated carbocycles. The lowest BCUT2D eigenvalue weighted by Crippen LogP contribution is -2.45. The van der Waals surface area contributed by atoms with Crippen molar-refractivity contribution in [1.29, 1.82) is 0 Å². The van der Waals surface area contributed by atoms with Gasteiger partial charge in [-0.2, -0.15) is 0 Å². The molecular weight excluding hydrogens is 364 g/mol. The van der Waals surface area contributed by atoms with E-state index < -0.39 is 29.7 Å². The predicted molar refractivity (Wildman–Crippen MR) is 99.1 cm³/mol. The highest BCUT2D eigenvalue weighted by Gasteiger charge is 2.38. The van der Waals surface area contributed by atoms with Gasteiger partial charge in [0.2, 0.25) is 0 Å². The number of carboxylic acid groups (broad SMARTS) is 1. The molecule has 3 rings (SSSR count). The Hall–Kier alpha value is -2.74. The van der Waals surface area contributed by atoms with E-state index in [0.29, 0.717) is 13.0 Å². The first-order valence-electron chi connectivity index (χ1n) is 9.49. The van der Waals surface area contributed by atoms with Gasteiger partial charge in [-0.15, -0.1) is 0 Å². The van der Waals surface area contributed by atoms with Crippen molar-refractivity contribution in [2.75, 3.05) is 13.2 Å². The third-order valence-corrected chi connectivity index (χ3v) is 5.41. The van der Waals surface area contributed by atoms with Crippen LogP contribution in [0.25, 0.3) is 0 Å². The number of carbonyl (C=O) groups is 4. The van der Waals surface area contributed by atoms with Crippen molar-refractivity contribution in [3.8, 4) is 0 Å². The average Bonchev–Trinajstić information content (AvgIpc) is 3.28. The molecule has 0 aromatic heterocycles. The van der Waals surface area contributed by atoms with Crippen LogP contribution in [0.4, 0.5) is 0 Å². The van der Waals surface area contributed by atoms with Gasteiger partial charge in [0.25, 0.3) is 17.7 Å². The summed E-state index contributed by atoms with van der Waals surface area (Å²) in [7, 11) is 0. The Bertz CT molecular complexity index is 815. The molecule has 3 atom stereocenters. The molecule has 8 heteroatoms. The van der Waals surface area contributed by atoms with E-state index in [4.69, 9.17) is 4.74 Å². The van der Waals surface area contributed by atoms with Crippen LogP contribution in [0.5, 0.6) is 0 Å². The maximum Gasteiger partial charge on any atom is 0.326 e. The fourth-order valence-electron chi connectivity index (χ4n) is 3.50. The molecule has 1 aromatic carbocycles. The summed E-state index contributed by atoms with van der Waals surface area (Å²) in [6.07, 6.45) is 2.13. The SMILES string of the molecule is CCC(C)C(NC(=O)c1ccc2c(c1)C(=O)N(CC1CCCO1)C2=O)C(=O)O. The van der Waals surface area contributed by atoms with E-state index in [9.17, 15) is 24.3 Å². The molecule has 0 radical (unpaired) electrons. The minimum absolute atomic E-state index is 0.147. The number of amides is 3. The first-order valence-corrected chi connectivity index (χ1v) is 9.49. The van der Waals surface area contributed by atoms with Gasteiger partial charge in [0.15, 0.2) is 0 Å². The van der Waals surface area contributed by atoms with Crippen LogP contribution in [-0.2, 0) is 9.53 Å². The summed E-state index contributed by atoms with van der Waals surface area (Å²) in [4.78, 5) is 50.3. The van der Waals surface area contributed by atoms with Crippen molar-refractivity contribution in [3.63, 3.8) is 0 Å². The lowest BCUT2D eigenvalue weighted by molar-refractivity contribution is -0.140. The minimum atomic E-state index is -1.11. The first kappa shape index (κ1) is 20.0. The zero-order chi connectivity index (χ0) is 20.4. The third kappa shape index (κ3) is 3.77. The zero-order valence-corrected chi connectivity index (χ0v) is 15.9. The summed E-state index contributed by atoms with van der Waals surface area (Å²) in [5.41, 5.74) is 0.552. The van der Waals surface area contributed by atoms with Gasteiger partial charge >= 0.3 is 5.97 Å². The molecule has 28 heavy (non-hydrogen) atoms. The topological polar surface area (TPSA) is 113 Å². The molecule has 0 spiro atoms. The summed E-state index contributed by atoms with van der Waals surface area (Å²) in [6, 6.07) is 3.21. The van der Waals surface area contributed by atoms with Crippen LogP contribution in [-0.4, -0.2) is 59.0 Å². The minimum Gasteiger partial charge on any atom is -0.480 e. The number of benzene rings is 1. The Morgan fingerprint density at radius 2 is 2.00 bits per heavy atom. The quantitative estimate of drug-likeness (QED) is 0.688. The van der Waals surface area contributed by atoms with Crippen molar-refractivity contribution < 1.29 is 29.0 Å². The molecule has 2 aliphatic heterocycles. The summed E-state index contributed by atoms with van der Waals surface area (Å²) in [6.45, 7) is 4.41. The van der Waals surface area contributed by atoms with Crippen molar-refractivity contribution >= 4 is 23.7 Å². The number of nitrogens with one attached hydrogen (secondary N) is 1. The van der Waals surface area contributed by atoms with Crippen molar-refractivity contribution in [1.82, 2.24) is 10.2 Å². The summed E-state index contributed by atoms with van der Waals surface area (Å²) in [5.74, 6) is -2.81. The van der Waals surface area contributed by atoms with E-state index in [0.717, 1.165) is 17.7 Å². The number of hydrogen-bond donors (Lipinski definition) is 2. The molecule has 8 nitrogen and oxygen atoms in total. The highest BCUT2D eigenvalue weighted by molar-refractivity contribution is 6.22. The van der Waals surface area contributed by atoms with E-state index in [-0.39, 0.29) is 35.3 Å². The van der Waals surface area contributed by atoms with Crippen LogP contribution in [0.3, 0.4) is 0 Å². The fourth-order valence-corrected chi connectivity index (χ4v) is 3.50. The van der Waals surface area contributed by atoms with Gasteiger partial charge in [-0.25, -0.2) is 4.79 Å². The second kappa shape index (κ2) is 8.10. The number of imide groups is 1. The monoisotopic (exact) mass is 388 g/mol. The van der Waals surface area contributed by atoms with Gasteiger partial charge in [-0.3, -0.25) is 19.3 Å². The molecule has 2 N–H and O–H groups in total. The number of carboxylic acids is 1. The Morgan fingerprint density at radius 1 is 1.29 bits per heavy atom. The molecule has 2 heterocycles. The van der Waals surface area contributed by atoms with E-state index in [1.165, 1.54) is 18.2 Å². The van der Waals surface area contributed by atoms with E-state index in [2.05, 4.69) is 5.32 Å². The van der Waals surface area contributed by atoms with Gasteiger partial charge < -0.3 is 15.2 Å². The lowest BCUT2D eigenvalue weighted by Gasteiger charge is -2.20. The molecule has 3 amide bonds. The summed E-state index contributed by atoms with van der Waals surface area (Å²) in [5, 5.41) is 11.8. The summed E-state index contributed by atoms with van der Waals surface area (Å²) < 4.78 is 5.51. The largest absolute Gasteiger partial charge is 0.480 e. The average molecular weight is 388 g/mol. The Morgan fingerprint density at radius 3 is 2.61 bits per heavy atom. The second-order valence-electron chi connectivity index (χ2n) is 7.29. The number of rotatable bonds is 7. The van der Waals surface area contributed by atoms with Crippen LogP contribution in [0.2, 0.25) is 0 Å². The first-order chi connectivity index (χ1) is 13.3. The smallest absolute Gasteiger partial charge is 0.326 e. The molecule has 0 bridgehead atoms. The zero-order valence-electron chi connectivity index (χ0n) is 15.9. The van der Waals surface area contributed by atoms with Crippen LogP contribution >= 0.6 is 0 Å². The Kier molecular flexibility index (Phi) is 5.79. The summed E-state index contributed by atoms with van der Waals surface area (Å²) >= 11 is 0. The molecule has 3 unspecified atom stereocenters. The number of aliphatic carboxylic acids is 1. The molecule has 2 aliphatic rings. The van der Waals surface area contributed by atoms with Crippen molar-refractivity contribution in [2.45, 2.75) is 45.3 Å². The highest BCUT2D eigenvalue weighted by atomic mass is 16.5. The van der Waals surface area contributed by atoms with E-state index >= 15 is 0 Å². The molecule has 1 aromatic rings. The lowest BCUT2D eigenvalue weighted by atomic mass is 9.98. The predicted octanol–water partition coefficient (Wildman–Crippen LogP) is 1.69. The normalized spacial score (nSPS) is 20.8. The Labute approximate surface area is 162 Å². The number of fused-ring (bicyclic) bond motifs is 1. The second-order valence-corrected chi connectivity index (χ2v) is 7.29. The van der Waals surface area contributed by atoms with E-state index in [1.54, 1.807) is 6.92 Å². The standard InChI is InChI=1S/C20H24N2O6/c1-3-11(2)16(20(26)27)21-17(23)12-6-7-14-15(9-12)19(25)22(18(14)24)10-13-5-4-8-28-13/h6-7,9,11,13,16H,3-5,8,10H2,1-2H3,(H,21,23)(H,26,27). The number of carbonyl (C=O) groups excluding carboxylic acids is 3. The van der Waals surface area contributed by atoms with E-state index in [1.807, 2.05) is 6.92 Å². The fraction of sp³-hybridized carbons (Fsp3) is 0.500. The molecular formula is C20H24N2O6. The maximum absolute atomic E-state index is 12.7. The highest BCUT2D eigenvalue weighted by Crippen LogP contribution is 2.26. The van der Waals surface area contributed by atoms with Crippen LogP contribution in [0.15, 0.2) is 18.2 Å². The maximum atomic E-state index is 12.7. The van der Waals surface area contributed by atoms with Gasteiger partial charge in [-0.05, 0) is 37.0 Å². The van der Waals surface area contributed by atoms with Crippen LogP contribution in [0.1, 0.15) is 64.2 Å². The molecule has 1 fully saturated rings. The van der Waals surface area contributed by atoms with Gasteiger partial charge in [0.05, 0.1) is 23.8 Å². The van der Waals surface area contributed by atoms with Crippen LogP contribution < -0.4 is 5.32 Å². The Balaban J connectivity index is 1.78. The third-order valence-electron chi connectivity index (χ3n) is 5.41. The van der Waals surface area contributed by atoms with Crippen molar-refractivity contribution in [3.05, 3.63) is 34.9 Å². The van der Waals surface area contributed by atoms with Gasteiger partial charge in [-0.1, -0.05) is 20.3 Å². The number of hydrogen-bond acceptors (Lipinski definition) is 5. The number of ether oxygens (including phenoxy) is 1. The van der Waals surface area contributed by atoms with Gasteiger partial charge in [0.1, 0.15) is 6.04 Å². The molecule has 1 saturated heterocycles. The molecule has 0 aliphatic carbocycles. The molecule has 150 valence electrons.